The minimum atomic E-state index is -0.137. The molecule has 5 rings (SSSR count). The molecule has 2 amide bonds. The van der Waals surface area contributed by atoms with Crippen LogP contribution < -0.4 is 0 Å². The second kappa shape index (κ2) is 6.04. The molecule has 26 heavy (non-hydrogen) atoms. The lowest BCUT2D eigenvalue weighted by Crippen LogP contribution is -2.66. The Morgan fingerprint density at radius 1 is 1.19 bits per heavy atom. The molecule has 8 nitrogen and oxygen atoms in total. The highest BCUT2D eigenvalue weighted by Gasteiger charge is 2.56. The number of rotatable bonds is 2. The van der Waals surface area contributed by atoms with Crippen molar-refractivity contribution in [2.45, 2.75) is 25.7 Å². The van der Waals surface area contributed by atoms with Gasteiger partial charge in [-0.1, -0.05) is 6.42 Å². The summed E-state index contributed by atoms with van der Waals surface area (Å²) in [6.45, 7) is 4.18. The van der Waals surface area contributed by atoms with E-state index >= 15 is 0 Å². The molecule has 8 heteroatoms. The fourth-order valence-electron chi connectivity index (χ4n) is 5.49. The highest BCUT2D eigenvalue weighted by Crippen LogP contribution is 2.46. The maximum Gasteiger partial charge on any atom is 0.291 e. The van der Waals surface area contributed by atoms with E-state index in [4.69, 9.17) is 4.74 Å². The first-order chi connectivity index (χ1) is 12.7. The SMILES string of the molecule is O=C(c1ncn[nH]1)N1CC2(CCOC[C@H]2C(=O)N2C[C@H]3CCC[C@H]3C2)C1. The molecule has 1 saturated carbocycles. The van der Waals surface area contributed by atoms with E-state index in [1.54, 1.807) is 4.90 Å². The maximum absolute atomic E-state index is 13.3. The number of carbonyl (C=O) groups is 2. The number of hydrogen-bond donors (Lipinski definition) is 1. The summed E-state index contributed by atoms with van der Waals surface area (Å²) in [5, 5.41) is 6.37. The Hall–Kier alpha value is -1.96. The predicted molar refractivity (Wildman–Crippen MR) is 91.1 cm³/mol. The van der Waals surface area contributed by atoms with Crippen molar-refractivity contribution in [1.82, 2.24) is 25.0 Å². The lowest BCUT2D eigenvalue weighted by Gasteiger charge is -2.55. The number of aromatic nitrogens is 3. The summed E-state index contributed by atoms with van der Waals surface area (Å²) < 4.78 is 5.68. The van der Waals surface area contributed by atoms with Crippen LogP contribution in [0.2, 0.25) is 0 Å². The summed E-state index contributed by atoms with van der Waals surface area (Å²) in [7, 11) is 0. The quantitative estimate of drug-likeness (QED) is 0.832. The van der Waals surface area contributed by atoms with Gasteiger partial charge < -0.3 is 14.5 Å². The number of ether oxygens (including phenoxy) is 1. The Labute approximate surface area is 152 Å². The second-order valence-electron chi connectivity index (χ2n) is 8.43. The van der Waals surface area contributed by atoms with E-state index in [0.29, 0.717) is 38.1 Å². The molecule has 0 bridgehead atoms. The highest BCUT2D eigenvalue weighted by atomic mass is 16.5. The van der Waals surface area contributed by atoms with Crippen LogP contribution >= 0.6 is 0 Å². The first-order valence-electron chi connectivity index (χ1n) is 9.67. The van der Waals surface area contributed by atoms with Gasteiger partial charge in [0.25, 0.3) is 5.91 Å². The summed E-state index contributed by atoms with van der Waals surface area (Å²) >= 11 is 0. The number of nitrogens with zero attached hydrogens (tertiary/aromatic N) is 4. The van der Waals surface area contributed by atoms with E-state index in [1.807, 2.05) is 0 Å². The van der Waals surface area contributed by atoms with Crippen molar-refractivity contribution in [3.8, 4) is 0 Å². The maximum atomic E-state index is 13.3. The van der Waals surface area contributed by atoms with Crippen LogP contribution in [-0.2, 0) is 9.53 Å². The average Bonchev–Trinajstić information content (AvgIpc) is 3.34. The van der Waals surface area contributed by atoms with Crippen molar-refractivity contribution < 1.29 is 14.3 Å². The van der Waals surface area contributed by atoms with Gasteiger partial charge in [-0.2, -0.15) is 5.10 Å². The van der Waals surface area contributed by atoms with Crippen molar-refractivity contribution in [2.24, 2.45) is 23.2 Å². The van der Waals surface area contributed by atoms with Crippen LogP contribution in [0.5, 0.6) is 0 Å². The molecular formula is C18H25N5O3. The molecule has 3 saturated heterocycles. The third kappa shape index (κ3) is 2.46. The molecule has 4 fully saturated rings. The van der Waals surface area contributed by atoms with Gasteiger partial charge in [-0.25, -0.2) is 4.98 Å². The van der Waals surface area contributed by atoms with Gasteiger partial charge in [-0.3, -0.25) is 14.7 Å². The monoisotopic (exact) mass is 359 g/mol. The summed E-state index contributed by atoms with van der Waals surface area (Å²) in [4.78, 5) is 33.5. The van der Waals surface area contributed by atoms with Gasteiger partial charge in [-0.15, -0.1) is 0 Å². The number of fused-ring (bicyclic) bond motifs is 1. The van der Waals surface area contributed by atoms with E-state index in [2.05, 4.69) is 20.1 Å². The molecule has 1 spiro atoms. The van der Waals surface area contributed by atoms with E-state index in [0.717, 1.165) is 19.5 Å². The fraction of sp³-hybridized carbons (Fsp3) is 0.778. The van der Waals surface area contributed by atoms with E-state index in [-0.39, 0.29) is 29.0 Å². The minimum Gasteiger partial charge on any atom is -0.381 e. The minimum absolute atomic E-state index is 0.131. The van der Waals surface area contributed by atoms with Crippen LogP contribution in [-0.4, -0.2) is 76.2 Å². The fourth-order valence-corrected chi connectivity index (χ4v) is 5.49. The van der Waals surface area contributed by atoms with Crippen molar-refractivity contribution in [1.29, 1.82) is 0 Å². The summed E-state index contributed by atoms with van der Waals surface area (Å²) in [5.41, 5.74) is -0.136. The normalized spacial score (nSPS) is 32.5. The van der Waals surface area contributed by atoms with Crippen molar-refractivity contribution in [3.63, 3.8) is 0 Å². The third-order valence-electron chi connectivity index (χ3n) is 7.02. The first kappa shape index (κ1) is 16.2. The molecule has 1 aliphatic carbocycles. The van der Waals surface area contributed by atoms with Gasteiger partial charge in [-0.05, 0) is 31.1 Å². The zero-order valence-corrected chi connectivity index (χ0v) is 14.9. The number of aromatic amines is 1. The Morgan fingerprint density at radius 2 is 1.96 bits per heavy atom. The molecule has 1 N–H and O–H groups in total. The molecular weight excluding hydrogens is 334 g/mol. The number of amides is 2. The average molecular weight is 359 g/mol. The predicted octanol–water partition coefficient (Wildman–Crippen LogP) is 0.542. The van der Waals surface area contributed by atoms with Crippen molar-refractivity contribution >= 4 is 11.8 Å². The second-order valence-corrected chi connectivity index (χ2v) is 8.43. The van der Waals surface area contributed by atoms with E-state index < -0.39 is 0 Å². The van der Waals surface area contributed by atoms with Crippen LogP contribution in [0.1, 0.15) is 36.3 Å². The van der Waals surface area contributed by atoms with Crippen molar-refractivity contribution in [3.05, 3.63) is 12.2 Å². The molecule has 140 valence electrons. The largest absolute Gasteiger partial charge is 0.381 e. The molecule has 1 aromatic heterocycles. The smallest absolute Gasteiger partial charge is 0.291 e. The first-order valence-corrected chi connectivity index (χ1v) is 9.67. The molecule has 0 aromatic carbocycles. The number of carbonyl (C=O) groups excluding carboxylic acids is 2. The Balaban J connectivity index is 1.28. The van der Waals surface area contributed by atoms with Gasteiger partial charge in [0.1, 0.15) is 6.33 Å². The molecule has 3 atom stereocenters. The summed E-state index contributed by atoms with van der Waals surface area (Å²) in [5.74, 6) is 1.64. The lowest BCUT2D eigenvalue weighted by atomic mass is 9.65. The number of hydrogen-bond acceptors (Lipinski definition) is 5. The Bertz CT molecular complexity index is 688. The van der Waals surface area contributed by atoms with Gasteiger partial charge >= 0.3 is 0 Å². The highest BCUT2D eigenvalue weighted by molar-refractivity contribution is 5.91. The molecule has 0 radical (unpaired) electrons. The van der Waals surface area contributed by atoms with Crippen LogP contribution in [0, 0.1) is 23.2 Å². The Kier molecular flexibility index (Phi) is 3.77. The van der Waals surface area contributed by atoms with E-state index in [1.165, 1.54) is 25.6 Å². The molecule has 4 heterocycles. The van der Waals surface area contributed by atoms with Crippen molar-refractivity contribution in [2.75, 3.05) is 39.4 Å². The number of likely N-dealkylation sites (tertiary alicyclic amines) is 2. The lowest BCUT2D eigenvalue weighted by molar-refractivity contribution is -0.161. The summed E-state index contributed by atoms with van der Waals surface area (Å²) in [6.07, 6.45) is 6.02. The molecule has 4 aliphatic rings. The Morgan fingerprint density at radius 3 is 2.65 bits per heavy atom. The van der Waals surface area contributed by atoms with Gasteiger partial charge in [0.2, 0.25) is 11.7 Å². The zero-order valence-electron chi connectivity index (χ0n) is 14.9. The number of nitrogens with one attached hydrogen (secondary N) is 1. The van der Waals surface area contributed by atoms with Gasteiger partial charge in [0.15, 0.2) is 0 Å². The summed E-state index contributed by atoms with van der Waals surface area (Å²) in [6, 6.07) is 0. The molecule has 3 aliphatic heterocycles. The molecule has 1 aromatic rings. The van der Waals surface area contributed by atoms with Crippen LogP contribution in [0.3, 0.4) is 0 Å². The zero-order chi connectivity index (χ0) is 17.7. The number of H-pyrrole nitrogens is 1. The van der Waals surface area contributed by atoms with Crippen LogP contribution in [0.25, 0.3) is 0 Å². The van der Waals surface area contributed by atoms with Crippen LogP contribution in [0.15, 0.2) is 6.33 Å². The van der Waals surface area contributed by atoms with Crippen LogP contribution in [0.4, 0.5) is 0 Å². The van der Waals surface area contributed by atoms with Gasteiger partial charge in [0.05, 0.1) is 12.5 Å². The standard InChI is InChI=1S/C18H25N5O3/c24-16(22-6-12-2-1-3-13(12)7-22)14-8-26-5-4-18(14)9-23(10-18)17(25)15-19-11-20-21-15/h11-14H,1-10H2,(H,19,20,21)/t12-,13+,14-/m0/s1. The molecule has 0 unspecified atom stereocenters. The van der Waals surface area contributed by atoms with E-state index in [9.17, 15) is 9.59 Å². The third-order valence-corrected chi connectivity index (χ3v) is 7.02. The topological polar surface area (TPSA) is 91.4 Å². The van der Waals surface area contributed by atoms with Gasteiger partial charge in [0, 0.05) is 38.2 Å².